The lowest BCUT2D eigenvalue weighted by Crippen LogP contribution is -2.33. The summed E-state index contributed by atoms with van der Waals surface area (Å²) in [5.74, 6) is 0.899. The first-order chi connectivity index (χ1) is 8.61. The zero-order chi connectivity index (χ0) is 13.1. The number of carbonyl (C=O) groups excluding carboxylic acids is 1. The molecule has 1 aromatic rings. The molecular formula is C12H12N2O4. The van der Waals surface area contributed by atoms with Crippen LogP contribution in [-0.2, 0) is 0 Å². The van der Waals surface area contributed by atoms with E-state index in [1.807, 2.05) is 0 Å². The van der Waals surface area contributed by atoms with E-state index in [2.05, 4.69) is 15.6 Å². The van der Waals surface area contributed by atoms with Gasteiger partial charge in [0.2, 0.25) is 5.76 Å². The van der Waals surface area contributed by atoms with Crippen molar-refractivity contribution in [1.82, 2.24) is 10.1 Å². The molecule has 1 amide bonds. The van der Waals surface area contributed by atoms with Crippen molar-refractivity contribution in [3.63, 3.8) is 0 Å². The predicted molar refractivity (Wildman–Crippen MR) is 60.9 cm³/mol. The second-order valence-electron chi connectivity index (χ2n) is 4.21. The number of terminal acetylenes is 1. The molecule has 1 N–H and O–H groups in total. The van der Waals surface area contributed by atoms with Crippen LogP contribution in [-0.4, -0.2) is 40.1 Å². The van der Waals surface area contributed by atoms with E-state index < -0.39 is 11.9 Å². The van der Waals surface area contributed by atoms with Crippen LogP contribution in [0.1, 0.15) is 33.9 Å². The van der Waals surface area contributed by atoms with Gasteiger partial charge in [0.1, 0.15) is 0 Å². The summed E-state index contributed by atoms with van der Waals surface area (Å²) < 4.78 is 4.55. The molecule has 0 atom stereocenters. The van der Waals surface area contributed by atoms with Gasteiger partial charge in [0.25, 0.3) is 5.91 Å². The Morgan fingerprint density at radius 1 is 1.61 bits per heavy atom. The van der Waals surface area contributed by atoms with Crippen LogP contribution in [0.2, 0.25) is 0 Å². The molecule has 1 heterocycles. The molecule has 1 aliphatic rings. The quantitative estimate of drug-likeness (QED) is 0.781. The maximum absolute atomic E-state index is 12.0. The van der Waals surface area contributed by atoms with Gasteiger partial charge in [-0.1, -0.05) is 11.1 Å². The molecule has 0 aliphatic heterocycles. The monoisotopic (exact) mass is 248 g/mol. The van der Waals surface area contributed by atoms with Gasteiger partial charge in [0.15, 0.2) is 5.69 Å². The first-order valence-electron chi connectivity index (χ1n) is 5.54. The third-order valence-electron chi connectivity index (χ3n) is 2.68. The Bertz CT molecular complexity index is 510. The highest BCUT2D eigenvalue weighted by Gasteiger charge is 2.28. The molecule has 0 saturated heterocycles. The first-order valence-corrected chi connectivity index (χ1v) is 5.54. The van der Waals surface area contributed by atoms with E-state index in [4.69, 9.17) is 11.5 Å². The molecule has 0 unspecified atom stereocenters. The minimum absolute atomic E-state index is 0.0247. The van der Waals surface area contributed by atoms with Gasteiger partial charge in [-0.05, 0) is 18.8 Å². The highest BCUT2D eigenvalue weighted by Crippen LogP contribution is 2.30. The van der Waals surface area contributed by atoms with Gasteiger partial charge < -0.3 is 14.5 Å². The standard InChI is InChI=1S/C12H12N2O4/c1-2-5-14(7-8-3-4-8)11(15)9-6-10(12(16)17)18-13-9/h1,6,8H,3-5,7H2,(H,16,17). The average molecular weight is 248 g/mol. The largest absolute Gasteiger partial charge is 0.475 e. The van der Waals surface area contributed by atoms with Crippen LogP contribution in [0.4, 0.5) is 0 Å². The molecular weight excluding hydrogens is 236 g/mol. The van der Waals surface area contributed by atoms with Crippen LogP contribution in [0, 0.1) is 18.3 Å². The molecule has 6 heteroatoms. The number of aromatic carboxylic acids is 1. The van der Waals surface area contributed by atoms with Crippen molar-refractivity contribution in [2.45, 2.75) is 12.8 Å². The van der Waals surface area contributed by atoms with Crippen molar-refractivity contribution in [3.05, 3.63) is 17.5 Å². The lowest BCUT2D eigenvalue weighted by molar-refractivity contribution is 0.0649. The summed E-state index contributed by atoms with van der Waals surface area (Å²) >= 11 is 0. The topological polar surface area (TPSA) is 83.6 Å². The van der Waals surface area contributed by atoms with Crippen molar-refractivity contribution in [1.29, 1.82) is 0 Å². The van der Waals surface area contributed by atoms with Crippen molar-refractivity contribution in [2.24, 2.45) is 5.92 Å². The number of hydrogen-bond acceptors (Lipinski definition) is 4. The summed E-state index contributed by atoms with van der Waals surface area (Å²) in [4.78, 5) is 24.2. The van der Waals surface area contributed by atoms with Crippen LogP contribution < -0.4 is 0 Å². The fourth-order valence-corrected chi connectivity index (χ4v) is 1.58. The maximum atomic E-state index is 12.0. The molecule has 1 fully saturated rings. The second-order valence-corrected chi connectivity index (χ2v) is 4.21. The molecule has 0 spiro atoms. The maximum Gasteiger partial charge on any atom is 0.374 e. The Kier molecular flexibility index (Phi) is 3.33. The number of hydrogen-bond donors (Lipinski definition) is 1. The van der Waals surface area contributed by atoms with E-state index in [0.29, 0.717) is 12.5 Å². The van der Waals surface area contributed by atoms with Crippen molar-refractivity contribution >= 4 is 11.9 Å². The smallest absolute Gasteiger partial charge is 0.374 e. The van der Waals surface area contributed by atoms with E-state index >= 15 is 0 Å². The van der Waals surface area contributed by atoms with Gasteiger partial charge in [-0.15, -0.1) is 6.42 Å². The Morgan fingerprint density at radius 2 is 2.33 bits per heavy atom. The molecule has 0 radical (unpaired) electrons. The van der Waals surface area contributed by atoms with Crippen LogP contribution in [0.15, 0.2) is 10.6 Å². The van der Waals surface area contributed by atoms with E-state index in [1.54, 1.807) is 0 Å². The lowest BCUT2D eigenvalue weighted by atomic mass is 10.3. The Morgan fingerprint density at radius 3 is 2.83 bits per heavy atom. The van der Waals surface area contributed by atoms with Crippen molar-refractivity contribution in [3.8, 4) is 12.3 Å². The molecule has 2 rings (SSSR count). The van der Waals surface area contributed by atoms with Crippen LogP contribution in [0.5, 0.6) is 0 Å². The van der Waals surface area contributed by atoms with Crippen LogP contribution in [0.3, 0.4) is 0 Å². The highest BCUT2D eigenvalue weighted by molar-refractivity contribution is 5.95. The van der Waals surface area contributed by atoms with E-state index in [0.717, 1.165) is 18.9 Å². The first kappa shape index (κ1) is 12.2. The summed E-state index contributed by atoms with van der Waals surface area (Å²) in [5.41, 5.74) is -0.0247. The van der Waals surface area contributed by atoms with Crippen LogP contribution in [0.25, 0.3) is 0 Å². The average Bonchev–Trinajstić information content (AvgIpc) is 3.01. The van der Waals surface area contributed by atoms with Gasteiger partial charge in [-0.2, -0.15) is 0 Å². The van der Waals surface area contributed by atoms with Crippen LogP contribution >= 0.6 is 0 Å². The number of amides is 1. The molecule has 1 aliphatic carbocycles. The summed E-state index contributed by atoms with van der Waals surface area (Å²) in [6.07, 6.45) is 7.39. The summed E-state index contributed by atoms with van der Waals surface area (Å²) in [6.45, 7) is 0.767. The van der Waals surface area contributed by atoms with E-state index in [-0.39, 0.29) is 18.0 Å². The molecule has 18 heavy (non-hydrogen) atoms. The summed E-state index contributed by atoms with van der Waals surface area (Å²) in [7, 11) is 0. The van der Waals surface area contributed by atoms with Gasteiger partial charge in [-0.3, -0.25) is 4.79 Å². The number of rotatable bonds is 5. The molecule has 0 aromatic carbocycles. The minimum Gasteiger partial charge on any atom is -0.475 e. The Hall–Kier alpha value is -2.29. The van der Waals surface area contributed by atoms with E-state index in [1.165, 1.54) is 4.90 Å². The lowest BCUT2D eigenvalue weighted by Gasteiger charge is -2.18. The Labute approximate surface area is 104 Å². The second kappa shape index (κ2) is 4.92. The normalized spacial score (nSPS) is 13.9. The number of carboxylic acid groups (broad SMARTS) is 1. The number of carboxylic acids is 1. The Balaban J connectivity index is 2.10. The molecule has 0 bridgehead atoms. The minimum atomic E-state index is -1.26. The zero-order valence-electron chi connectivity index (χ0n) is 9.63. The van der Waals surface area contributed by atoms with Crippen molar-refractivity contribution < 1.29 is 19.2 Å². The van der Waals surface area contributed by atoms with E-state index in [9.17, 15) is 9.59 Å². The fourth-order valence-electron chi connectivity index (χ4n) is 1.58. The number of nitrogens with zero attached hydrogens (tertiary/aromatic N) is 2. The molecule has 6 nitrogen and oxygen atoms in total. The van der Waals surface area contributed by atoms with Gasteiger partial charge in [0, 0.05) is 12.6 Å². The number of aromatic nitrogens is 1. The van der Waals surface area contributed by atoms with Gasteiger partial charge in [0.05, 0.1) is 6.54 Å². The summed E-state index contributed by atoms with van der Waals surface area (Å²) in [5, 5.41) is 12.1. The highest BCUT2D eigenvalue weighted by atomic mass is 16.5. The molecule has 94 valence electrons. The van der Waals surface area contributed by atoms with Gasteiger partial charge >= 0.3 is 5.97 Å². The van der Waals surface area contributed by atoms with Crippen molar-refractivity contribution in [2.75, 3.05) is 13.1 Å². The third-order valence-corrected chi connectivity index (χ3v) is 2.68. The predicted octanol–water partition coefficient (Wildman–Crippen LogP) is 0.858. The van der Waals surface area contributed by atoms with Gasteiger partial charge in [-0.25, -0.2) is 4.79 Å². The summed E-state index contributed by atoms with van der Waals surface area (Å²) in [6, 6.07) is 1.11. The number of carbonyl (C=O) groups is 2. The SMILES string of the molecule is C#CCN(CC1CC1)C(=O)c1cc(C(=O)O)on1. The molecule has 1 aromatic heterocycles. The third kappa shape index (κ3) is 2.69. The molecule has 1 saturated carbocycles. The fraction of sp³-hybridized carbons (Fsp3) is 0.417. The zero-order valence-corrected chi connectivity index (χ0v) is 9.63.